The Bertz CT molecular complexity index is 920. The van der Waals surface area contributed by atoms with E-state index in [4.69, 9.17) is 0 Å². The molecule has 2 bridgehead atoms. The van der Waals surface area contributed by atoms with Crippen molar-refractivity contribution < 1.29 is 0 Å². The van der Waals surface area contributed by atoms with Crippen LogP contribution in [0.4, 0.5) is 0 Å². The fourth-order valence-electron chi connectivity index (χ4n) is 5.40. The maximum atomic E-state index is 2.58. The van der Waals surface area contributed by atoms with E-state index in [1.54, 1.807) is 32.6 Å². The van der Waals surface area contributed by atoms with Crippen molar-refractivity contribution in [3.63, 3.8) is 0 Å². The molecule has 1 aliphatic carbocycles. The fraction of sp³-hybridized carbons (Fsp3) is 0.481. The lowest BCUT2D eigenvalue weighted by Crippen LogP contribution is -2.39. The van der Waals surface area contributed by atoms with E-state index in [-0.39, 0.29) is 5.41 Å². The number of benzene rings is 2. The van der Waals surface area contributed by atoms with Gasteiger partial charge in [0.25, 0.3) is 0 Å². The number of unbranched alkanes of at least 4 members (excludes halogenated alkanes) is 3. The minimum atomic E-state index is -1.57. The summed E-state index contributed by atoms with van der Waals surface area (Å²) >= 11 is 0. The first-order chi connectivity index (χ1) is 13.2. The Morgan fingerprint density at radius 3 is 2.21 bits per heavy atom. The lowest BCUT2D eigenvalue weighted by atomic mass is 9.86. The Kier molecular flexibility index (Phi) is 4.94. The molecule has 28 heavy (non-hydrogen) atoms. The highest BCUT2D eigenvalue weighted by Crippen LogP contribution is 2.50. The van der Waals surface area contributed by atoms with Gasteiger partial charge in [-0.25, -0.2) is 0 Å². The van der Waals surface area contributed by atoms with Crippen LogP contribution >= 0.6 is 0 Å². The van der Waals surface area contributed by atoms with E-state index in [1.807, 2.05) is 0 Å². The number of rotatable bonds is 6. The van der Waals surface area contributed by atoms with Crippen LogP contribution in [0.2, 0.25) is 13.1 Å². The summed E-state index contributed by atoms with van der Waals surface area (Å²) in [5.74, 6) is 0. The summed E-state index contributed by atoms with van der Waals surface area (Å²) in [6, 6.07) is 14.4. The zero-order chi connectivity index (χ0) is 20.1. The van der Waals surface area contributed by atoms with E-state index in [0.29, 0.717) is 0 Å². The summed E-state index contributed by atoms with van der Waals surface area (Å²) in [4.78, 5) is 0. The van der Waals surface area contributed by atoms with Crippen LogP contribution < -0.4 is 5.19 Å². The van der Waals surface area contributed by atoms with Crippen LogP contribution in [0.15, 0.2) is 42.0 Å². The Balaban J connectivity index is 1.75. The second kappa shape index (κ2) is 7.02. The number of allylic oxidation sites excluding steroid dienone is 1. The van der Waals surface area contributed by atoms with E-state index in [1.165, 1.54) is 49.7 Å². The van der Waals surface area contributed by atoms with Gasteiger partial charge in [0.2, 0.25) is 0 Å². The van der Waals surface area contributed by atoms with Gasteiger partial charge < -0.3 is 0 Å². The second-order valence-electron chi connectivity index (χ2n) is 10.4. The molecule has 0 fully saturated rings. The summed E-state index contributed by atoms with van der Waals surface area (Å²) in [6.07, 6.45) is 7.98. The lowest BCUT2D eigenvalue weighted by molar-refractivity contribution is 0.590. The van der Waals surface area contributed by atoms with Gasteiger partial charge in [-0.2, -0.15) is 0 Å². The summed E-state index contributed by atoms with van der Waals surface area (Å²) < 4.78 is 0. The molecule has 0 atom stereocenters. The van der Waals surface area contributed by atoms with Crippen molar-refractivity contribution in [3.05, 3.63) is 58.7 Å². The molecule has 2 aromatic carbocycles. The molecule has 2 aliphatic rings. The third-order valence-corrected chi connectivity index (χ3v) is 10.6. The number of hydrogen-bond donors (Lipinski definition) is 0. The number of fused-ring (bicyclic) bond motifs is 1. The van der Waals surface area contributed by atoms with Crippen molar-refractivity contribution in [2.24, 2.45) is 0 Å². The van der Waals surface area contributed by atoms with Gasteiger partial charge in [-0.1, -0.05) is 102 Å². The molecule has 4 rings (SSSR count). The first-order valence-corrected chi connectivity index (χ1v) is 14.2. The molecule has 0 saturated carbocycles. The molecule has 0 amide bonds. The molecule has 0 nitrogen and oxygen atoms in total. The smallest absolute Gasteiger partial charge is 0.0655 e. The largest absolute Gasteiger partial charge is 0.113 e. The lowest BCUT2D eigenvalue weighted by Gasteiger charge is -2.22. The third kappa shape index (κ3) is 3.12. The van der Waals surface area contributed by atoms with Crippen LogP contribution in [0, 0.1) is 0 Å². The molecule has 0 radical (unpaired) electrons. The fourth-order valence-corrected chi connectivity index (χ4v) is 9.07. The van der Waals surface area contributed by atoms with Gasteiger partial charge >= 0.3 is 0 Å². The van der Waals surface area contributed by atoms with Crippen LogP contribution in [0.25, 0.3) is 16.3 Å². The van der Waals surface area contributed by atoms with E-state index in [0.717, 1.165) is 0 Å². The summed E-state index contributed by atoms with van der Waals surface area (Å²) in [6.45, 7) is 14.4. The predicted octanol–water partition coefficient (Wildman–Crippen LogP) is 7.40. The van der Waals surface area contributed by atoms with Gasteiger partial charge in [-0.05, 0) is 62.9 Å². The second-order valence-corrected chi connectivity index (χ2v) is 14.7. The van der Waals surface area contributed by atoms with Crippen LogP contribution in [0.5, 0.6) is 0 Å². The highest BCUT2D eigenvalue weighted by atomic mass is 28.3. The average Bonchev–Trinajstić information content (AvgIpc) is 3.09. The van der Waals surface area contributed by atoms with Gasteiger partial charge in [0.05, 0.1) is 0 Å². The quantitative estimate of drug-likeness (QED) is 0.357. The Morgan fingerprint density at radius 2 is 1.57 bits per heavy atom. The summed E-state index contributed by atoms with van der Waals surface area (Å²) in [5.41, 5.74) is 9.66. The zero-order valence-corrected chi connectivity index (χ0v) is 19.7. The van der Waals surface area contributed by atoms with Crippen molar-refractivity contribution >= 4 is 18.5 Å². The highest BCUT2D eigenvalue weighted by Gasteiger charge is 2.45. The maximum absolute atomic E-state index is 2.58. The van der Waals surface area contributed by atoms with Gasteiger partial charge in [0.1, 0.15) is 8.07 Å². The normalized spacial score (nSPS) is 16.9. The Hall–Kier alpha value is -1.60. The first kappa shape index (κ1) is 19.7. The first-order valence-electron chi connectivity index (χ1n) is 11.2. The number of hydrogen-bond acceptors (Lipinski definition) is 0. The summed E-state index contributed by atoms with van der Waals surface area (Å²) in [7, 11) is -1.57. The Labute approximate surface area is 173 Å². The molecule has 0 saturated heterocycles. The maximum Gasteiger partial charge on any atom is 0.113 e. The van der Waals surface area contributed by atoms with Crippen molar-refractivity contribution in [3.8, 4) is 11.1 Å². The Morgan fingerprint density at radius 1 is 0.857 bits per heavy atom. The van der Waals surface area contributed by atoms with Gasteiger partial charge in [0.15, 0.2) is 0 Å². The molecule has 0 N–H and O–H groups in total. The van der Waals surface area contributed by atoms with Gasteiger partial charge in [-0.15, -0.1) is 0 Å². The SMILES string of the molecule is CCCCCCC1=C2c3c(ccc(c3-c3ccc(C(C)(C)C)cc3)[Si]2(C)C)C1. The van der Waals surface area contributed by atoms with Gasteiger partial charge in [-0.3, -0.25) is 0 Å². The minimum Gasteiger partial charge on any atom is -0.0655 e. The van der Waals surface area contributed by atoms with E-state index >= 15 is 0 Å². The molecule has 0 spiro atoms. The molecule has 1 heteroatoms. The van der Waals surface area contributed by atoms with E-state index < -0.39 is 8.07 Å². The molecule has 1 aliphatic heterocycles. The molecular weight excluding hydrogens is 352 g/mol. The molecular formula is C27H36Si. The zero-order valence-electron chi connectivity index (χ0n) is 18.7. The van der Waals surface area contributed by atoms with Crippen molar-refractivity contribution in [1.29, 1.82) is 0 Å². The monoisotopic (exact) mass is 388 g/mol. The predicted molar refractivity (Wildman–Crippen MR) is 127 cm³/mol. The third-order valence-electron chi connectivity index (χ3n) is 6.97. The standard InChI is InChI=1S/C27H36Si/c1-7-8-9-10-11-21-18-20-14-17-23-24(25(20)26(21)28(23,5)6)19-12-15-22(16-13-19)27(2,3)4/h12-17H,7-11,18H2,1-6H3. The van der Waals surface area contributed by atoms with Crippen LogP contribution in [-0.4, -0.2) is 8.07 Å². The summed E-state index contributed by atoms with van der Waals surface area (Å²) in [5, 5.41) is 3.46. The van der Waals surface area contributed by atoms with Crippen LogP contribution in [-0.2, 0) is 11.8 Å². The van der Waals surface area contributed by atoms with Crippen molar-refractivity contribution in [2.45, 2.75) is 84.7 Å². The topological polar surface area (TPSA) is 0 Å². The highest BCUT2D eigenvalue weighted by molar-refractivity contribution is 7.07. The molecule has 0 unspecified atom stereocenters. The van der Waals surface area contributed by atoms with Gasteiger partial charge in [0, 0.05) is 0 Å². The van der Waals surface area contributed by atoms with Crippen molar-refractivity contribution in [2.75, 3.05) is 0 Å². The van der Waals surface area contributed by atoms with E-state index in [2.05, 4.69) is 77.2 Å². The van der Waals surface area contributed by atoms with Crippen LogP contribution in [0.1, 0.15) is 76.5 Å². The van der Waals surface area contributed by atoms with Crippen LogP contribution in [0.3, 0.4) is 0 Å². The molecule has 0 aromatic heterocycles. The van der Waals surface area contributed by atoms with Crippen molar-refractivity contribution in [1.82, 2.24) is 0 Å². The molecule has 148 valence electrons. The average molecular weight is 389 g/mol. The minimum absolute atomic E-state index is 0.213. The molecule has 1 heterocycles. The molecule has 2 aromatic rings. The van der Waals surface area contributed by atoms with E-state index in [9.17, 15) is 0 Å².